The molecule has 0 radical (unpaired) electrons. The quantitative estimate of drug-likeness (QED) is 0.812. The minimum atomic E-state index is 0.576. The van der Waals surface area contributed by atoms with Crippen LogP contribution in [0, 0.1) is 6.92 Å². The summed E-state index contributed by atoms with van der Waals surface area (Å²) in [6, 6.07) is 5.84. The van der Waals surface area contributed by atoms with Crippen LogP contribution in [0.15, 0.2) is 23.2 Å². The molecule has 1 heterocycles. The van der Waals surface area contributed by atoms with Gasteiger partial charge in [-0.15, -0.1) is 0 Å². The van der Waals surface area contributed by atoms with Gasteiger partial charge in [0, 0.05) is 16.0 Å². The number of thioether (sulfide) groups is 1. The second-order valence-electron chi connectivity index (χ2n) is 3.66. The first-order chi connectivity index (χ1) is 7.15. The van der Waals surface area contributed by atoms with E-state index >= 15 is 0 Å². The fourth-order valence-electron chi connectivity index (χ4n) is 1.39. The van der Waals surface area contributed by atoms with Crippen molar-refractivity contribution in [3.8, 4) is 0 Å². The molecule has 1 atom stereocenters. The third kappa shape index (κ3) is 2.67. The summed E-state index contributed by atoms with van der Waals surface area (Å²) in [5.41, 5.74) is 2.23. The molecule has 1 aromatic rings. The molecule has 0 spiro atoms. The molecule has 2 rings (SSSR count). The van der Waals surface area contributed by atoms with Crippen LogP contribution in [0.25, 0.3) is 0 Å². The van der Waals surface area contributed by atoms with Gasteiger partial charge in [0.25, 0.3) is 0 Å². The van der Waals surface area contributed by atoms with Gasteiger partial charge in [-0.25, -0.2) is 0 Å². The maximum Gasteiger partial charge on any atom is 0.161 e. The Morgan fingerprint density at radius 1 is 1.53 bits per heavy atom. The van der Waals surface area contributed by atoms with Gasteiger partial charge in [0.15, 0.2) is 5.17 Å². The maximum absolute atomic E-state index is 5.94. The van der Waals surface area contributed by atoms with Crippen molar-refractivity contribution in [1.29, 1.82) is 0 Å². The monoisotopic (exact) mass is 240 g/mol. The van der Waals surface area contributed by atoms with Gasteiger partial charge in [-0.2, -0.15) is 0 Å². The Morgan fingerprint density at radius 3 is 3.00 bits per heavy atom. The average molecular weight is 241 g/mol. The van der Waals surface area contributed by atoms with Gasteiger partial charge >= 0.3 is 0 Å². The maximum atomic E-state index is 5.94. The minimum absolute atomic E-state index is 0.576. The highest BCUT2D eigenvalue weighted by molar-refractivity contribution is 8.15. The van der Waals surface area contributed by atoms with Gasteiger partial charge in [0.2, 0.25) is 0 Å². The second-order valence-corrected chi connectivity index (χ2v) is 5.52. The lowest BCUT2D eigenvalue weighted by atomic mass is 10.2. The number of aliphatic imine (C=N–C) groups is 1. The summed E-state index contributed by atoms with van der Waals surface area (Å²) in [5.74, 6) is 0. The standard InChI is InChI=1S/C11H13ClN2S/c1-7-3-4-9(12)5-10(7)14-11-13-6-8(2)15-11/h3-5,8H,6H2,1-2H3,(H,13,14). The predicted octanol–water partition coefficient (Wildman–Crippen LogP) is 3.55. The number of halogens is 1. The zero-order valence-corrected chi connectivity index (χ0v) is 10.3. The number of nitrogens with one attached hydrogen (secondary N) is 1. The van der Waals surface area contributed by atoms with Crippen LogP contribution in [0.1, 0.15) is 12.5 Å². The molecule has 1 N–H and O–H groups in total. The molecule has 0 aliphatic carbocycles. The highest BCUT2D eigenvalue weighted by atomic mass is 35.5. The third-order valence-corrected chi connectivity index (χ3v) is 3.49. The van der Waals surface area contributed by atoms with Crippen LogP contribution in [-0.2, 0) is 0 Å². The van der Waals surface area contributed by atoms with E-state index in [1.54, 1.807) is 11.8 Å². The Labute approximate surface area is 99.1 Å². The van der Waals surface area contributed by atoms with Crippen LogP contribution in [0.3, 0.4) is 0 Å². The number of hydrogen-bond donors (Lipinski definition) is 1. The molecule has 0 bridgehead atoms. The van der Waals surface area contributed by atoms with E-state index in [1.165, 1.54) is 5.56 Å². The fraction of sp³-hybridized carbons (Fsp3) is 0.364. The van der Waals surface area contributed by atoms with E-state index in [2.05, 4.69) is 24.2 Å². The van der Waals surface area contributed by atoms with E-state index < -0.39 is 0 Å². The number of rotatable bonds is 1. The van der Waals surface area contributed by atoms with Crippen molar-refractivity contribution in [1.82, 2.24) is 0 Å². The average Bonchev–Trinajstić information content (AvgIpc) is 2.58. The molecule has 0 saturated heterocycles. The van der Waals surface area contributed by atoms with E-state index in [9.17, 15) is 0 Å². The molecule has 1 aliphatic rings. The third-order valence-electron chi connectivity index (χ3n) is 2.25. The Hall–Kier alpha value is -0.670. The summed E-state index contributed by atoms with van der Waals surface area (Å²) < 4.78 is 0. The van der Waals surface area contributed by atoms with Crippen molar-refractivity contribution in [3.63, 3.8) is 0 Å². The Kier molecular flexibility index (Phi) is 3.22. The largest absolute Gasteiger partial charge is 0.335 e. The SMILES string of the molecule is Cc1ccc(Cl)cc1NC1=NCC(C)S1. The first-order valence-corrected chi connectivity index (χ1v) is 6.15. The zero-order chi connectivity index (χ0) is 10.8. The Morgan fingerprint density at radius 2 is 2.33 bits per heavy atom. The van der Waals surface area contributed by atoms with Crippen LogP contribution in [-0.4, -0.2) is 17.0 Å². The van der Waals surface area contributed by atoms with Gasteiger partial charge in [-0.05, 0) is 24.6 Å². The molecule has 0 fully saturated rings. The molecule has 2 nitrogen and oxygen atoms in total. The van der Waals surface area contributed by atoms with Gasteiger partial charge in [0.1, 0.15) is 0 Å². The van der Waals surface area contributed by atoms with Crippen LogP contribution in [0.2, 0.25) is 5.02 Å². The van der Waals surface area contributed by atoms with E-state index in [4.69, 9.17) is 11.6 Å². The molecular formula is C11H13ClN2S. The summed E-state index contributed by atoms with van der Waals surface area (Å²) in [6.45, 7) is 5.13. The Bertz CT molecular complexity index is 404. The number of benzene rings is 1. The first-order valence-electron chi connectivity index (χ1n) is 4.89. The lowest BCUT2D eigenvalue weighted by Crippen LogP contribution is -2.07. The molecule has 1 aromatic carbocycles. The summed E-state index contributed by atoms with van der Waals surface area (Å²) in [5, 5.41) is 5.63. The van der Waals surface area contributed by atoms with E-state index in [0.29, 0.717) is 5.25 Å². The van der Waals surface area contributed by atoms with Gasteiger partial charge in [-0.3, -0.25) is 4.99 Å². The molecule has 1 aliphatic heterocycles. The summed E-state index contributed by atoms with van der Waals surface area (Å²) in [6.07, 6.45) is 0. The molecule has 0 amide bonds. The highest BCUT2D eigenvalue weighted by Gasteiger charge is 2.15. The van der Waals surface area contributed by atoms with Crippen LogP contribution >= 0.6 is 23.4 Å². The van der Waals surface area contributed by atoms with Crippen molar-refractivity contribution in [2.45, 2.75) is 19.1 Å². The van der Waals surface area contributed by atoms with E-state index in [1.807, 2.05) is 18.2 Å². The molecule has 0 aromatic heterocycles. The van der Waals surface area contributed by atoms with Crippen molar-refractivity contribution in [2.75, 3.05) is 11.9 Å². The molecule has 80 valence electrons. The van der Waals surface area contributed by atoms with Crippen molar-refractivity contribution in [2.24, 2.45) is 4.99 Å². The second kappa shape index (κ2) is 4.45. The fourth-order valence-corrected chi connectivity index (χ4v) is 2.41. The number of hydrogen-bond acceptors (Lipinski definition) is 3. The van der Waals surface area contributed by atoms with Gasteiger partial charge < -0.3 is 5.32 Å². The molecular weight excluding hydrogens is 228 g/mol. The summed E-state index contributed by atoms with van der Waals surface area (Å²) in [7, 11) is 0. The normalized spacial score (nSPS) is 20.2. The number of anilines is 1. The molecule has 15 heavy (non-hydrogen) atoms. The molecule has 1 unspecified atom stereocenters. The molecule has 4 heteroatoms. The first kappa shape index (κ1) is 10.8. The van der Waals surface area contributed by atoms with E-state index in [0.717, 1.165) is 22.4 Å². The predicted molar refractivity (Wildman–Crippen MR) is 69.2 cm³/mol. The lowest BCUT2D eigenvalue weighted by molar-refractivity contribution is 0.976. The van der Waals surface area contributed by atoms with Crippen molar-refractivity contribution < 1.29 is 0 Å². The minimum Gasteiger partial charge on any atom is -0.335 e. The van der Waals surface area contributed by atoms with Crippen molar-refractivity contribution >= 4 is 34.2 Å². The smallest absolute Gasteiger partial charge is 0.161 e. The summed E-state index contributed by atoms with van der Waals surface area (Å²) >= 11 is 7.71. The van der Waals surface area contributed by atoms with Gasteiger partial charge in [-0.1, -0.05) is 36.4 Å². The van der Waals surface area contributed by atoms with Crippen LogP contribution in [0.5, 0.6) is 0 Å². The lowest BCUT2D eigenvalue weighted by Gasteiger charge is -2.09. The van der Waals surface area contributed by atoms with Crippen LogP contribution < -0.4 is 5.32 Å². The van der Waals surface area contributed by atoms with Crippen LogP contribution in [0.4, 0.5) is 5.69 Å². The topological polar surface area (TPSA) is 24.4 Å². The Balaban J connectivity index is 2.14. The van der Waals surface area contributed by atoms with Crippen molar-refractivity contribution in [3.05, 3.63) is 28.8 Å². The number of nitrogens with zero attached hydrogens (tertiary/aromatic N) is 1. The van der Waals surface area contributed by atoms with E-state index in [-0.39, 0.29) is 0 Å². The number of aryl methyl sites for hydroxylation is 1. The highest BCUT2D eigenvalue weighted by Crippen LogP contribution is 2.25. The number of amidine groups is 1. The zero-order valence-electron chi connectivity index (χ0n) is 8.75. The summed E-state index contributed by atoms with van der Waals surface area (Å²) in [4.78, 5) is 4.41. The molecule has 0 saturated carbocycles. The van der Waals surface area contributed by atoms with Gasteiger partial charge in [0.05, 0.1) is 6.54 Å².